The Labute approximate surface area is 158 Å². The first-order valence-corrected chi connectivity index (χ1v) is 9.13. The predicted molar refractivity (Wildman–Crippen MR) is 99.8 cm³/mol. The molecule has 0 radical (unpaired) electrons. The quantitative estimate of drug-likeness (QED) is 0.816. The molecule has 0 aliphatic carbocycles. The van der Waals surface area contributed by atoms with Crippen molar-refractivity contribution >= 4 is 11.9 Å². The molecule has 2 heterocycles. The van der Waals surface area contributed by atoms with E-state index in [-0.39, 0.29) is 24.8 Å². The number of carbonyl (C=O) groups is 2. The molecule has 7 heteroatoms. The maximum Gasteiger partial charge on any atom is 0.359 e. The zero-order valence-electron chi connectivity index (χ0n) is 16.2. The van der Waals surface area contributed by atoms with Crippen molar-refractivity contribution in [3.63, 3.8) is 0 Å². The van der Waals surface area contributed by atoms with Crippen LogP contribution in [0.25, 0.3) is 0 Å². The van der Waals surface area contributed by atoms with Crippen molar-refractivity contribution in [1.29, 1.82) is 0 Å². The average molecular weight is 371 g/mol. The van der Waals surface area contributed by atoms with Crippen LogP contribution in [0, 0.1) is 20.8 Å². The molecular weight excluding hydrogens is 346 g/mol. The summed E-state index contributed by atoms with van der Waals surface area (Å²) in [5.74, 6) is 0.181. The van der Waals surface area contributed by atoms with Crippen LogP contribution in [0.1, 0.15) is 45.4 Å². The number of hydrogen-bond acceptors (Lipinski definition) is 5. The molecule has 0 unspecified atom stereocenters. The second-order valence-corrected chi connectivity index (χ2v) is 6.76. The van der Waals surface area contributed by atoms with Crippen LogP contribution in [0.4, 0.5) is 0 Å². The minimum atomic E-state index is -0.466. The fourth-order valence-corrected chi connectivity index (χ4v) is 3.25. The number of H-pyrrole nitrogens is 1. The standard InChI is InChI=1S/C20H25N3O4/c1-5-26-20(25)18-15-10-23(9-8-16(15)21-22-18)17(24)11-27-19-13(3)7-6-12(2)14(19)4/h6-7H,5,8-11H2,1-4H3,(H,21,22). The van der Waals surface area contributed by atoms with E-state index in [0.29, 0.717) is 19.5 Å². The van der Waals surface area contributed by atoms with Crippen molar-refractivity contribution in [3.8, 4) is 5.75 Å². The van der Waals surface area contributed by atoms with Crippen molar-refractivity contribution in [3.05, 3.63) is 45.8 Å². The van der Waals surface area contributed by atoms with Gasteiger partial charge in [-0.25, -0.2) is 4.79 Å². The Morgan fingerprint density at radius 2 is 1.96 bits per heavy atom. The van der Waals surface area contributed by atoms with Crippen LogP contribution >= 0.6 is 0 Å². The van der Waals surface area contributed by atoms with Crippen LogP contribution < -0.4 is 4.74 Å². The van der Waals surface area contributed by atoms with Crippen LogP contribution in [-0.2, 0) is 22.5 Å². The Hall–Kier alpha value is -2.83. The summed E-state index contributed by atoms with van der Waals surface area (Å²) in [6.07, 6.45) is 0.621. The van der Waals surface area contributed by atoms with Gasteiger partial charge >= 0.3 is 5.97 Å². The molecule has 0 atom stereocenters. The maximum absolute atomic E-state index is 12.7. The van der Waals surface area contributed by atoms with E-state index in [1.165, 1.54) is 0 Å². The molecule has 27 heavy (non-hydrogen) atoms. The number of esters is 1. The van der Waals surface area contributed by atoms with Crippen LogP contribution in [0.2, 0.25) is 0 Å². The number of aromatic amines is 1. The van der Waals surface area contributed by atoms with Gasteiger partial charge < -0.3 is 14.4 Å². The van der Waals surface area contributed by atoms with Gasteiger partial charge in [-0.1, -0.05) is 12.1 Å². The van der Waals surface area contributed by atoms with Gasteiger partial charge in [0, 0.05) is 24.2 Å². The third-order valence-corrected chi connectivity index (χ3v) is 4.97. The number of aromatic nitrogens is 2. The second kappa shape index (κ2) is 7.82. The summed E-state index contributed by atoms with van der Waals surface area (Å²) >= 11 is 0. The summed E-state index contributed by atoms with van der Waals surface area (Å²) in [6, 6.07) is 4.04. The maximum atomic E-state index is 12.7. The van der Waals surface area contributed by atoms with Crippen molar-refractivity contribution in [1.82, 2.24) is 15.1 Å². The Bertz CT molecular complexity index is 872. The first-order chi connectivity index (χ1) is 12.9. The first kappa shape index (κ1) is 18.9. The van der Waals surface area contributed by atoms with Crippen molar-refractivity contribution in [2.45, 2.75) is 40.7 Å². The number of fused-ring (bicyclic) bond motifs is 1. The van der Waals surface area contributed by atoms with Gasteiger partial charge in [0.1, 0.15) is 5.75 Å². The molecule has 1 aliphatic rings. The summed E-state index contributed by atoms with van der Waals surface area (Å²) in [5, 5.41) is 6.95. The number of nitrogens with zero attached hydrogens (tertiary/aromatic N) is 2. The van der Waals surface area contributed by atoms with Gasteiger partial charge in [0.15, 0.2) is 12.3 Å². The van der Waals surface area contributed by atoms with Gasteiger partial charge in [-0.15, -0.1) is 0 Å². The van der Waals surface area contributed by atoms with Crippen molar-refractivity contribution < 1.29 is 19.1 Å². The lowest BCUT2D eigenvalue weighted by atomic mass is 10.0. The number of carbonyl (C=O) groups excluding carboxylic acids is 2. The highest BCUT2D eigenvalue weighted by Crippen LogP contribution is 2.26. The molecule has 0 bridgehead atoms. The molecule has 3 rings (SSSR count). The Morgan fingerprint density at radius 1 is 1.22 bits per heavy atom. The van der Waals surface area contributed by atoms with E-state index in [4.69, 9.17) is 9.47 Å². The summed E-state index contributed by atoms with van der Waals surface area (Å²) < 4.78 is 10.9. The third kappa shape index (κ3) is 3.82. The molecule has 0 saturated heterocycles. The van der Waals surface area contributed by atoms with Gasteiger partial charge in [0.25, 0.3) is 5.91 Å². The lowest BCUT2D eigenvalue weighted by Crippen LogP contribution is -2.39. The van der Waals surface area contributed by atoms with Gasteiger partial charge in [-0.2, -0.15) is 5.10 Å². The summed E-state index contributed by atoms with van der Waals surface area (Å²) in [4.78, 5) is 26.4. The second-order valence-electron chi connectivity index (χ2n) is 6.76. The highest BCUT2D eigenvalue weighted by atomic mass is 16.5. The largest absolute Gasteiger partial charge is 0.483 e. The number of amides is 1. The smallest absolute Gasteiger partial charge is 0.359 e. The normalized spacial score (nSPS) is 13.3. The first-order valence-electron chi connectivity index (χ1n) is 9.13. The highest BCUT2D eigenvalue weighted by molar-refractivity contribution is 5.89. The van der Waals surface area contributed by atoms with Crippen LogP contribution in [-0.4, -0.2) is 46.7 Å². The molecule has 1 N–H and O–H groups in total. The molecular formula is C20H25N3O4. The van der Waals surface area contributed by atoms with Crippen LogP contribution in [0.5, 0.6) is 5.75 Å². The van der Waals surface area contributed by atoms with E-state index >= 15 is 0 Å². The molecule has 0 saturated carbocycles. The summed E-state index contributed by atoms with van der Waals surface area (Å²) in [7, 11) is 0. The van der Waals surface area contributed by atoms with Crippen LogP contribution in [0.3, 0.4) is 0 Å². The lowest BCUT2D eigenvalue weighted by Gasteiger charge is -2.27. The molecule has 1 aromatic carbocycles. The number of aryl methyl sites for hydroxylation is 2. The van der Waals surface area contributed by atoms with Gasteiger partial charge in [0.05, 0.1) is 13.2 Å². The van der Waals surface area contributed by atoms with Crippen molar-refractivity contribution in [2.75, 3.05) is 19.8 Å². The van der Waals surface area contributed by atoms with Gasteiger partial charge in [-0.05, 0) is 44.4 Å². The Balaban J connectivity index is 1.69. The minimum absolute atomic E-state index is 0.0347. The SMILES string of the molecule is CCOC(=O)c1n[nH]c2c1CN(C(=O)COc1c(C)ccc(C)c1C)CC2. The zero-order valence-corrected chi connectivity index (χ0v) is 16.2. The fourth-order valence-electron chi connectivity index (χ4n) is 3.25. The number of hydrogen-bond donors (Lipinski definition) is 1. The van der Waals surface area contributed by atoms with E-state index < -0.39 is 5.97 Å². The van der Waals surface area contributed by atoms with E-state index in [9.17, 15) is 9.59 Å². The van der Waals surface area contributed by atoms with E-state index in [1.807, 2.05) is 32.9 Å². The van der Waals surface area contributed by atoms with Gasteiger partial charge in [0.2, 0.25) is 0 Å². The highest BCUT2D eigenvalue weighted by Gasteiger charge is 2.28. The molecule has 0 fully saturated rings. The molecule has 0 spiro atoms. The molecule has 1 aliphatic heterocycles. The van der Waals surface area contributed by atoms with E-state index in [2.05, 4.69) is 10.2 Å². The predicted octanol–water partition coefficient (Wildman–Crippen LogP) is 2.48. The molecule has 1 aromatic heterocycles. The minimum Gasteiger partial charge on any atom is -0.483 e. The molecule has 1 amide bonds. The number of rotatable bonds is 5. The number of nitrogens with one attached hydrogen (secondary N) is 1. The van der Waals surface area contributed by atoms with Gasteiger partial charge in [-0.3, -0.25) is 9.89 Å². The monoisotopic (exact) mass is 371 g/mol. The molecule has 7 nitrogen and oxygen atoms in total. The lowest BCUT2D eigenvalue weighted by molar-refractivity contribution is -0.134. The van der Waals surface area contributed by atoms with Crippen LogP contribution in [0.15, 0.2) is 12.1 Å². The van der Waals surface area contributed by atoms with E-state index in [1.54, 1.807) is 11.8 Å². The Kier molecular flexibility index (Phi) is 5.48. The fraction of sp³-hybridized carbons (Fsp3) is 0.450. The summed E-state index contributed by atoms with van der Waals surface area (Å²) in [5.41, 5.74) is 5.05. The number of ether oxygens (including phenoxy) is 2. The molecule has 2 aromatic rings. The average Bonchev–Trinajstić information content (AvgIpc) is 3.08. The third-order valence-electron chi connectivity index (χ3n) is 4.97. The molecule has 144 valence electrons. The van der Waals surface area contributed by atoms with E-state index in [0.717, 1.165) is 33.7 Å². The van der Waals surface area contributed by atoms with Crippen molar-refractivity contribution in [2.24, 2.45) is 0 Å². The summed E-state index contributed by atoms with van der Waals surface area (Å²) in [6.45, 7) is 8.87. The number of benzene rings is 1. The zero-order chi connectivity index (χ0) is 19.6. The topological polar surface area (TPSA) is 84.5 Å². The Morgan fingerprint density at radius 3 is 2.70 bits per heavy atom.